The van der Waals surface area contributed by atoms with Crippen LogP contribution in [0.2, 0.25) is 0 Å². The second-order valence-corrected chi connectivity index (χ2v) is 9.99. The largest absolute Gasteiger partial charge is 0.348 e. The molecule has 0 radical (unpaired) electrons. The van der Waals surface area contributed by atoms with E-state index in [1.807, 2.05) is 12.2 Å². The van der Waals surface area contributed by atoms with Crippen molar-refractivity contribution in [3.63, 3.8) is 0 Å². The molecule has 3 unspecified atom stereocenters. The van der Waals surface area contributed by atoms with Crippen molar-refractivity contribution in [2.45, 2.75) is 65.1 Å². The Bertz CT molecular complexity index is 686. The van der Waals surface area contributed by atoms with Gasteiger partial charge in [0.2, 0.25) is 0 Å². The van der Waals surface area contributed by atoms with Crippen LogP contribution in [0.3, 0.4) is 0 Å². The van der Waals surface area contributed by atoms with Gasteiger partial charge in [-0.25, -0.2) is 0 Å². The van der Waals surface area contributed by atoms with Gasteiger partial charge in [0, 0.05) is 11.3 Å². The summed E-state index contributed by atoms with van der Waals surface area (Å²) < 4.78 is 12.2. The summed E-state index contributed by atoms with van der Waals surface area (Å²) in [6.07, 6.45) is 13.4. The Morgan fingerprint density at radius 2 is 1.77 bits per heavy atom. The molecular weight excluding hydrogens is 324 g/mol. The van der Waals surface area contributed by atoms with E-state index in [4.69, 9.17) is 9.47 Å². The van der Waals surface area contributed by atoms with Crippen LogP contribution in [0, 0.1) is 34.5 Å². The van der Waals surface area contributed by atoms with Crippen molar-refractivity contribution in [2.75, 3.05) is 13.2 Å². The fourth-order valence-corrected chi connectivity index (χ4v) is 7.79. The van der Waals surface area contributed by atoms with Crippen molar-refractivity contribution >= 4 is 5.78 Å². The van der Waals surface area contributed by atoms with Crippen LogP contribution in [0.25, 0.3) is 0 Å². The molecule has 5 aliphatic rings. The summed E-state index contributed by atoms with van der Waals surface area (Å²) in [6, 6.07) is 0. The molecule has 0 bridgehead atoms. The van der Waals surface area contributed by atoms with Gasteiger partial charge in [-0.15, -0.1) is 0 Å². The first-order chi connectivity index (χ1) is 12.4. The highest BCUT2D eigenvalue weighted by Crippen LogP contribution is 2.67. The Morgan fingerprint density at radius 1 is 1.00 bits per heavy atom. The van der Waals surface area contributed by atoms with Crippen LogP contribution >= 0.6 is 0 Å². The van der Waals surface area contributed by atoms with Gasteiger partial charge in [0.05, 0.1) is 13.2 Å². The molecule has 6 atom stereocenters. The Hall–Kier alpha value is -0.930. The summed E-state index contributed by atoms with van der Waals surface area (Å²) >= 11 is 0. The maximum Gasteiger partial charge on any atom is 0.178 e. The zero-order valence-corrected chi connectivity index (χ0v) is 16.4. The van der Waals surface area contributed by atoms with E-state index in [0.717, 1.165) is 31.5 Å². The fourth-order valence-electron chi connectivity index (χ4n) is 7.79. The van der Waals surface area contributed by atoms with Crippen LogP contribution in [0.1, 0.15) is 59.3 Å². The molecule has 0 aromatic rings. The molecule has 3 heteroatoms. The fraction of sp³-hybridized carbons (Fsp3) is 0.783. The van der Waals surface area contributed by atoms with E-state index in [-0.39, 0.29) is 17.0 Å². The van der Waals surface area contributed by atoms with E-state index >= 15 is 0 Å². The quantitative estimate of drug-likeness (QED) is 0.685. The van der Waals surface area contributed by atoms with Gasteiger partial charge < -0.3 is 9.47 Å². The summed E-state index contributed by atoms with van der Waals surface area (Å²) in [5.74, 6) is 2.53. The first-order valence-corrected chi connectivity index (χ1v) is 10.6. The number of allylic oxidation sites excluding steroid dienone is 4. The van der Waals surface area contributed by atoms with Crippen LogP contribution in [0.4, 0.5) is 0 Å². The van der Waals surface area contributed by atoms with Gasteiger partial charge in [0.25, 0.3) is 0 Å². The minimum Gasteiger partial charge on any atom is -0.348 e. The lowest BCUT2D eigenvalue weighted by Gasteiger charge is -2.58. The Balaban J connectivity index is 1.46. The van der Waals surface area contributed by atoms with E-state index in [0.29, 0.717) is 17.3 Å². The maximum atomic E-state index is 11.9. The Kier molecular flexibility index (Phi) is 3.66. The van der Waals surface area contributed by atoms with Crippen LogP contribution in [-0.2, 0) is 14.3 Å². The molecule has 142 valence electrons. The highest BCUT2D eigenvalue weighted by Gasteiger charge is 2.62. The monoisotopic (exact) mass is 356 g/mol. The number of ketones is 1. The number of hydrogen-bond donors (Lipinski definition) is 0. The third kappa shape index (κ3) is 2.16. The number of carbonyl (C=O) groups excluding carboxylic acids is 1. The van der Waals surface area contributed by atoms with Crippen LogP contribution < -0.4 is 0 Å². The van der Waals surface area contributed by atoms with Gasteiger partial charge >= 0.3 is 0 Å². The number of rotatable bonds is 1. The molecule has 0 aromatic heterocycles. The molecule has 3 nitrogen and oxygen atoms in total. The molecule has 0 spiro atoms. The molecular formula is C23H32O3. The summed E-state index contributed by atoms with van der Waals surface area (Å²) in [5.41, 5.74) is 1.81. The molecule has 1 saturated heterocycles. The lowest BCUT2D eigenvalue weighted by atomic mass is 9.47. The maximum absolute atomic E-state index is 11.9. The Morgan fingerprint density at radius 3 is 2.54 bits per heavy atom. The topological polar surface area (TPSA) is 35.5 Å². The summed E-state index contributed by atoms with van der Waals surface area (Å²) in [6.45, 7) is 8.58. The molecule has 0 amide bonds. The van der Waals surface area contributed by atoms with Crippen LogP contribution in [0.15, 0.2) is 23.8 Å². The zero-order valence-electron chi connectivity index (χ0n) is 16.4. The van der Waals surface area contributed by atoms with Crippen molar-refractivity contribution in [1.29, 1.82) is 0 Å². The van der Waals surface area contributed by atoms with Gasteiger partial charge in [-0.2, -0.15) is 0 Å². The number of fused-ring (bicyclic) bond motifs is 5. The van der Waals surface area contributed by atoms with E-state index < -0.39 is 0 Å². The molecule has 4 fully saturated rings. The van der Waals surface area contributed by atoms with Crippen molar-refractivity contribution in [3.8, 4) is 0 Å². The van der Waals surface area contributed by atoms with E-state index in [9.17, 15) is 4.79 Å². The lowest BCUT2D eigenvalue weighted by Crippen LogP contribution is -2.52. The third-order valence-corrected chi connectivity index (χ3v) is 9.05. The smallest absolute Gasteiger partial charge is 0.178 e. The predicted octanol–water partition coefficient (Wildman–Crippen LogP) is 4.67. The third-order valence-electron chi connectivity index (χ3n) is 9.05. The first kappa shape index (κ1) is 17.2. The van der Waals surface area contributed by atoms with E-state index in [1.54, 1.807) is 0 Å². The molecule has 0 N–H and O–H groups in total. The van der Waals surface area contributed by atoms with Crippen LogP contribution in [0.5, 0.6) is 0 Å². The SMILES string of the molecule is CC1([C@H]2CCC3C4CCC5=CC(=O)C=C[C@]5(C)C4CC[C@@]32C)OCCO1. The first-order valence-electron chi connectivity index (χ1n) is 10.6. The molecule has 5 rings (SSSR count). The highest BCUT2D eigenvalue weighted by molar-refractivity contribution is 6.01. The van der Waals surface area contributed by atoms with Gasteiger partial charge in [-0.05, 0) is 80.8 Å². The summed E-state index contributed by atoms with van der Waals surface area (Å²) in [5, 5.41) is 0. The lowest BCUT2D eigenvalue weighted by molar-refractivity contribution is -0.214. The molecule has 3 saturated carbocycles. The van der Waals surface area contributed by atoms with Crippen LogP contribution in [-0.4, -0.2) is 24.8 Å². The molecule has 26 heavy (non-hydrogen) atoms. The van der Waals surface area contributed by atoms with E-state index in [1.165, 1.54) is 37.7 Å². The number of hydrogen-bond acceptors (Lipinski definition) is 3. The normalized spacial score (nSPS) is 49.3. The summed E-state index contributed by atoms with van der Waals surface area (Å²) in [7, 11) is 0. The number of ether oxygens (including phenoxy) is 2. The molecule has 1 heterocycles. The average molecular weight is 357 g/mol. The zero-order chi connectivity index (χ0) is 18.2. The van der Waals surface area contributed by atoms with Crippen molar-refractivity contribution < 1.29 is 14.3 Å². The standard InChI is InChI=1S/C23H32O3/c1-21-10-8-16(24)14-15(21)4-5-17-18-6-7-20(23(3)25-12-13-26-23)22(18,2)11-9-19(17)21/h8,10,14,17-20H,4-7,9,11-13H2,1-3H3/t17?,18?,19?,20-,21-,22-/m0/s1. The van der Waals surface area contributed by atoms with Gasteiger partial charge in [0.1, 0.15) is 0 Å². The van der Waals surface area contributed by atoms with E-state index in [2.05, 4.69) is 26.8 Å². The number of carbonyl (C=O) groups is 1. The van der Waals surface area contributed by atoms with Crippen molar-refractivity contribution in [2.24, 2.45) is 34.5 Å². The second-order valence-electron chi connectivity index (χ2n) is 9.99. The molecule has 1 aliphatic heterocycles. The van der Waals surface area contributed by atoms with Gasteiger partial charge in [-0.1, -0.05) is 25.5 Å². The molecule has 0 aromatic carbocycles. The summed E-state index contributed by atoms with van der Waals surface area (Å²) in [4.78, 5) is 11.9. The molecule has 4 aliphatic carbocycles. The van der Waals surface area contributed by atoms with Gasteiger partial charge in [0.15, 0.2) is 11.6 Å². The van der Waals surface area contributed by atoms with Crippen molar-refractivity contribution in [1.82, 2.24) is 0 Å². The minimum atomic E-state index is -0.378. The highest BCUT2D eigenvalue weighted by atomic mass is 16.7. The van der Waals surface area contributed by atoms with Crippen molar-refractivity contribution in [3.05, 3.63) is 23.8 Å². The predicted molar refractivity (Wildman–Crippen MR) is 100 cm³/mol. The average Bonchev–Trinajstić information content (AvgIpc) is 3.19. The van der Waals surface area contributed by atoms with Gasteiger partial charge in [-0.3, -0.25) is 4.79 Å². The second kappa shape index (κ2) is 5.54. The minimum absolute atomic E-state index is 0.0977. The Labute approximate surface area is 157 Å².